The number of anilines is 2. The van der Waals surface area contributed by atoms with Gasteiger partial charge >= 0.3 is 0 Å². The molecular weight excluding hydrogens is 492 g/mol. The van der Waals surface area contributed by atoms with Crippen molar-refractivity contribution >= 4 is 34.8 Å². The highest BCUT2D eigenvalue weighted by molar-refractivity contribution is 6.31. The molecule has 37 heavy (non-hydrogen) atoms. The van der Waals surface area contributed by atoms with Gasteiger partial charge in [0.2, 0.25) is 5.91 Å². The highest BCUT2D eigenvalue weighted by atomic mass is 35.5. The van der Waals surface area contributed by atoms with Crippen LogP contribution in [0.2, 0.25) is 5.02 Å². The number of halogens is 1. The molecule has 0 aliphatic carbocycles. The summed E-state index contributed by atoms with van der Waals surface area (Å²) in [7, 11) is 0. The number of aromatic nitrogens is 3. The summed E-state index contributed by atoms with van der Waals surface area (Å²) < 4.78 is 0. The largest absolute Gasteiger partial charge is 0.374 e. The number of aliphatic hydroxyl groups is 1. The number of aliphatic hydroxyl groups excluding tert-OH is 1. The van der Waals surface area contributed by atoms with Crippen LogP contribution in [0.4, 0.5) is 11.4 Å². The minimum Gasteiger partial charge on any atom is -0.374 e. The first kappa shape index (κ1) is 24.5. The Bertz CT molecular complexity index is 1400. The van der Waals surface area contributed by atoms with E-state index in [0.717, 1.165) is 11.3 Å². The van der Waals surface area contributed by atoms with Crippen molar-refractivity contribution in [1.82, 2.24) is 19.9 Å². The maximum absolute atomic E-state index is 13.4. The van der Waals surface area contributed by atoms with Crippen LogP contribution in [0, 0.1) is 0 Å². The van der Waals surface area contributed by atoms with Gasteiger partial charge in [-0.05, 0) is 42.0 Å². The number of benzene rings is 2. The monoisotopic (exact) mass is 514 g/mol. The molecule has 0 spiro atoms. The van der Waals surface area contributed by atoms with Gasteiger partial charge in [-0.1, -0.05) is 35.9 Å². The first-order chi connectivity index (χ1) is 18.0. The van der Waals surface area contributed by atoms with Crippen molar-refractivity contribution < 1.29 is 14.7 Å². The Balaban J connectivity index is 1.40. The van der Waals surface area contributed by atoms with E-state index in [1.54, 1.807) is 41.4 Å². The zero-order chi connectivity index (χ0) is 25.8. The lowest BCUT2D eigenvalue weighted by Gasteiger charge is -2.32. The second kappa shape index (κ2) is 10.8. The van der Waals surface area contributed by atoms with Crippen molar-refractivity contribution in [2.75, 3.05) is 10.6 Å². The van der Waals surface area contributed by atoms with Gasteiger partial charge in [-0.3, -0.25) is 24.5 Å². The van der Waals surface area contributed by atoms with Gasteiger partial charge in [-0.15, -0.1) is 0 Å². The molecule has 2 amide bonds. The van der Waals surface area contributed by atoms with Crippen molar-refractivity contribution in [3.8, 4) is 0 Å². The van der Waals surface area contributed by atoms with Gasteiger partial charge in [0.25, 0.3) is 5.91 Å². The Labute approximate surface area is 218 Å². The van der Waals surface area contributed by atoms with Crippen LogP contribution in [0.5, 0.6) is 0 Å². The zero-order valence-electron chi connectivity index (χ0n) is 19.6. The molecular formula is C27H23ClN6O3. The van der Waals surface area contributed by atoms with Gasteiger partial charge in [0.05, 0.1) is 12.2 Å². The van der Waals surface area contributed by atoms with Crippen LogP contribution in [0.3, 0.4) is 0 Å². The summed E-state index contributed by atoms with van der Waals surface area (Å²) >= 11 is 6.15. The Morgan fingerprint density at radius 1 is 1.05 bits per heavy atom. The highest BCUT2D eigenvalue weighted by Gasteiger charge is 2.36. The zero-order valence-corrected chi connectivity index (χ0v) is 20.3. The number of hydrogen-bond donors (Lipinski definition) is 3. The third-order valence-electron chi connectivity index (χ3n) is 6.07. The van der Waals surface area contributed by atoms with Gasteiger partial charge in [-0.25, -0.2) is 4.98 Å². The number of fused-ring (bicyclic) bond motifs is 1. The molecule has 3 N–H and O–H groups in total. The molecule has 3 heterocycles. The Hall–Kier alpha value is -4.18. The number of rotatable bonds is 6. The van der Waals surface area contributed by atoms with Gasteiger partial charge < -0.3 is 15.7 Å². The minimum atomic E-state index is -1.07. The van der Waals surface area contributed by atoms with Crippen LogP contribution in [0.25, 0.3) is 0 Å². The Morgan fingerprint density at radius 2 is 1.89 bits per heavy atom. The van der Waals surface area contributed by atoms with E-state index in [1.165, 1.54) is 18.6 Å². The van der Waals surface area contributed by atoms with Gasteiger partial charge in [0, 0.05) is 59.2 Å². The maximum atomic E-state index is 13.4. The minimum absolute atomic E-state index is 0.210. The van der Waals surface area contributed by atoms with Crippen molar-refractivity contribution in [1.29, 1.82) is 0 Å². The third kappa shape index (κ3) is 5.64. The van der Waals surface area contributed by atoms with Gasteiger partial charge in [0.15, 0.2) is 0 Å². The lowest BCUT2D eigenvalue weighted by atomic mass is 10.1. The van der Waals surface area contributed by atoms with E-state index < -0.39 is 12.3 Å². The summed E-state index contributed by atoms with van der Waals surface area (Å²) in [6.45, 7) is 0.270. The number of pyridine rings is 1. The van der Waals surface area contributed by atoms with Crippen molar-refractivity contribution in [2.45, 2.75) is 25.2 Å². The number of amides is 2. The number of nitrogens with zero attached hydrogens (tertiary/aromatic N) is 4. The molecule has 2 aromatic heterocycles. The standard InChI is InChI=1S/C27H23ClN6O3/c28-18-6-9-21-22(13-18)33-26(36)24(14-20-3-1-2-10-30-20)34(27(21)37)16-17-4-7-19(8-5-17)32-25(35)23-15-29-11-12-31-23/h1-13,15,24,27,37H,14,16H2,(H,32,35)(H,33,36)/t24-,27?/m1/s1. The molecule has 1 aliphatic heterocycles. The third-order valence-corrected chi connectivity index (χ3v) is 6.30. The van der Waals surface area contributed by atoms with Crippen molar-refractivity contribution in [3.05, 3.63) is 113 Å². The average molecular weight is 515 g/mol. The SMILES string of the molecule is O=C(Nc1ccc(CN2C(O)c3ccc(Cl)cc3NC(=O)[C@H]2Cc2ccccn2)cc1)c1cnccn1. The summed E-state index contributed by atoms with van der Waals surface area (Å²) in [5.41, 5.74) is 3.38. The fraction of sp³-hybridized carbons (Fsp3) is 0.148. The fourth-order valence-electron chi connectivity index (χ4n) is 4.22. The molecule has 0 radical (unpaired) electrons. The second-order valence-electron chi connectivity index (χ2n) is 8.55. The first-order valence-electron chi connectivity index (χ1n) is 11.6. The van der Waals surface area contributed by atoms with E-state index in [4.69, 9.17) is 11.6 Å². The van der Waals surface area contributed by atoms with Crippen LogP contribution in [0.15, 0.2) is 85.5 Å². The Morgan fingerprint density at radius 3 is 2.62 bits per heavy atom. The van der Waals surface area contributed by atoms with E-state index in [9.17, 15) is 14.7 Å². The quantitative estimate of drug-likeness (QED) is 0.357. The second-order valence-corrected chi connectivity index (χ2v) is 8.99. The predicted molar refractivity (Wildman–Crippen MR) is 139 cm³/mol. The van der Waals surface area contributed by atoms with Crippen LogP contribution in [-0.2, 0) is 17.8 Å². The molecule has 0 saturated heterocycles. The topological polar surface area (TPSA) is 120 Å². The molecule has 0 fully saturated rings. The Kier molecular flexibility index (Phi) is 7.18. The van der Waals surface area contributed by atoms with E-state index in [2.05, 4.69) is 25.6 Å². The number of carbonyl (C=O) groups is 2. The summed E-state index contributed by atoms with van der Waals surface area (Å²) in [5.74, 6) is -0.635. The number of hydrogen-bond acceptors (Lipinski definition) is 7. The van der Waals surface area contributed by atoms with Crippen molar-refractivity contribution in [2.24, 2.45) is 0 Å². The van der Waals surface area contributed by atoms with Crippen LogP contribution in [0.1, 0.15) is 33.5 Å². The first-order valence-corrected chi connectivity index (χ1v) is 12.0. The van der Waals surface area contributed by atoms with E-state index in [0.29, 0.717) is 28.4 Å². The molecule has 2 atom stereocenters. The molecule has 9 nitrogen and oxygen atoms in total. The normalized spacial score (nSPS) is 17.4. The molecule has 186 valence electrons. The molecule has 1 unspecified atom stereocenters. The fourth-order valence-corrected chi connectivity index (χ4v) is 4.39. The van der Waals surface area contributed by atoms with Crippen LogP contribution < -0.4 is 10.6 Å². The summed E-state index contributed by atoms with van der Waals surface area (Å²) in [6.07, 6.45) is 5.24. The molecule has 5 rings (SSSR count). The molecule has 4 aromatic rings. The molecule has 0 saturated carbocycles. The van der Waals surface area contributed by atoms with Crippen LogP contribution in [-0.4, -0.2) is 42.8 Å². The smallest absolute Gasteiger partial charge is 0.275 e. The van der Waals surface area contributed by atoms with Crippen LogP contribution >= 0.6 is 11.6 Å². The lowest BCUT2D eigenvalue weighted by Crippen LogP contribution is -2.45. The average Bonchev–Trinajstić information content (AvgIpc) is 3.00. The van der Waals surface area contributed by atoms with E-state index >= 15 is 0 Å². The summed E-state index contributed by atoms with van der Waals surface area (Å²) in [5, 5.41) is 17.6. The highest BCUT2D eigenvalue weighted by Crippen LogP contribution is 2.35. The molecule has 0 bridgehead atoms. The van der Waals surface area contributed by atoms with E-state index in [-0.39, 0.29) is 24.1 Å². The summed E-state index contributed by atoms with van der Waals surface area (Å²) in [4.78, 5) is 39.7. The summed E-state index contributed by atoms with van der Waals surface area (Å²) in [6, 6.07) is 17.0. The van der Waals surface area contributed by atoms with Gasteiger partial charge in [0.1, 0.15) is 11.9 Å². The molecule has 1 aliphatic rings. The molecule has 2 aromatic carbocycles. The number of carbonyl (C=O) groups excluding carboxylic acids is 2. The van der Waals surface area contributed by atoms with E-state index in [1.807, 2.05) is 30.3 Å². The maximum Gasteiger partial charge on any atom is 0.275 e. The molecule has 10 heteroatoms. The lowest BCUT2D eigenvalue weighted by molar-refractivity contribution is -0.126. The predicted octanol–water partition coefficient (Wildman–Crippen LogP) is 3.83. The van der Waals surface area contributed by atoms with Crippen molar-refractivity contribution in [3.63, 3.8) is 0 Å². The number of nitrogens with one attached hydrogen (secondary N) is 2. The van der Waals surface area contributed by atoms with Gasteiger partial charge in [-0.2, -0.15) is 0 Å².